The van der Waals surface area contributed by atoms with Gasteiger partial charge >= 0.3 is 0 Å². The molecule has 0 unspecified atom stereocenters. The van der Waals surface area contributed by atoms with Crippen molar-refractivity contribution in [2.45, 2.75) is 12.8 Å². The topological polar surface area (TPSA) is 47.5 Å². The lowest BCUT2D eigenvalue weighted by Gasteiger charge is -2.20. The zero-order chi connectivity index (χ0) is 13.0. The van der Waals surface area contributed by atoms with Crippen molar-refractivity contribution in [3.63, 3.8) is 0 Å². The summed E-state index contributed by atoms with van der Waals surface area (Å²) in [6.45, 7) is 2.30. The Kier molecular flexibility index (Phi) is 4.60. The van der Waals surface area contributed by atoms with Gasteiger partial charge in [-0.25, -0.2) is 9.97 Å². The molecule has 1 aromatic rings. The molecule has 0 N–H and O–H groups in total. The zero-order valence-electron chi connectivity index (χ0n) is 10.7. The van der Waals surface area contributed by atoms with Crippen LogP contribution in [0.15, 0.2) is 6.33 Å². The molecule has 1 aromatic heterocycles. The normalized spacial score (nSPS) is 14.6. The van der Waals surface area contributed by atoms with Gasteiger partial charge in [0.1, 0.15) is 6.33 Å². The SMILES string of the molecule is COc1c(Cl)ncnc1N(C)CCOCC1CC1. The van der Waals surface area contributed by atoms with Crippen molar-refractivity contribution in [2.24, 2.45) is 5.92 Å². The van der Waals surface area contributed by atoms with Gasteiger partial charge in [0.05, 0.1) is 13.7 Å². The number of ether oxygens (including phenoxy) is 2. The fourth-order valence-electron chi connectivity index (χ4n) is 1.63. The zero-order valence-corrected chi connectivity index (χ0v) is 11.5. The van der Waals surface area contributed by atoms with E-state index < -0.39 is 0 Å². The average Bonchev–Trinajstić information content (AvgIpc) is 3.18. The van der Waals surface area contributed by atoms with Gasteiger partial charge in [0.2, 0.25) is 0 Å². The van der Waals surface area contributed by atoms with Gasteiger partial charge in [-0.2, -0.15) is 0 Å². The molecule has 1 heterocycles. The first-order valence-electron chi connectivity index (χ1n) is 6.05. The summed E-state index contributed by atoms with van der Waals surface area (Å²) in [5, 5.41) is 0.327. The minimum atomic E-state index is 0.327. The number of hydrogen-bond donors (Lipinski definition) is 0. The van der Waals surface area contributed by atoms with Crippen molar-refractivity contribution in [3.8, 4) is 5.75 Å². The van der Waals surface area contributed by atoms with Crippen molar-refractivity contribution in [3.05, 3.63) is 11.5 Å². The molecule has 0 aromatic carbocycles. The summed E-state index contributed by atoms with van der Waals surface area (Å²) in [4.78, 5) is 10.0. The lowest BCUT2D eigenvalue weighted by atomic mass is 10.4. The van der Waals surface area contributed by atoms with E-state index in [9.17, 15) is 0 Å². The highest BCUT2D eigenvalue weighted by Crippen LogP contribution is 2.31. The minimum Gasteiger partial charge on any atom is -0.490 e. The van der Waals surface area contributed by atoms with Crippen LogP contribution < -0.4 is 9.64 Å². The van der Waals surface area contributed by atoms with E-state index in [1.807, 2.05) is 11.9 Å². The molecule has 100 valence electrons. The summed E-state index contributed by atoms with van der Waals surface area (Å²) in [6.07, 6.45) is 4.05. The molecular weight excluding hydrogens is 254 g/mol. The maximum absolute atomic E-state index is 5.95. The molecule has 5 nitrogen and oxygen atoms in total. The molecule has 0 amide bonds. The molecule has 6 heteroatoms. The van der Waals surface area contributed by atoms with Crippen LogP contribution in [0.25, 0.3) is 0 Å². The number of methoxy groups -OCH3 is 1. The Morgan fingerprint density at radius 2 is 2.22 bits per heavy atom. The van der Waals surface area contributed by atoms with Gasteiger partial charge in [-0.15, -0.1) is 0 Å². The quantitative estimate of drug-likeness (QED) is 0.561. The maximum atomic E-state index is 5.95. The first-order valence-corrected chi connectivity index (χ1v) is 6.43. The van der Waals surface area contributed by atoms with E-state index in [-0.39, 0.29) is 0 Å². The van der Waals surface area contributed by atoms with Crippen molar-refractivity contribution >= 4 is 17.4 Å². The Morgan fingerprint density at radius 3 is 2.89 bits per heavy atom. The molecule has 0 bridgehead atoms. The highest BCUT2D eigenvalue weighted by molar-refractivity contribution is 6.31. The molecule has 0 spiro atoms. The van der Waals surface area contributed by atoms with E-state index in [1.165, 1.54) is 19.2 Å². The van der Waals surface area contributed by atoms with Gasteiger partial charge in [-0.3, -0.25) is 0 Å². The largest absolute Gasteiger partial charge is 0.490 e. The summed E-state index contributed by atoms with van der Waals surface area (Å²) in [5.41, 5.74) is 0. The van der Waals surface area contributed by atoms with E-state index in [0.717, 1.165) is 19.1 Å². The number of hydrogen-bond acceptors (Lipinski definition) is 5. The van der Waals surface area contributed by atoms with Gasteiger partial charge < -0.3 is 14.4 Å². The van der Waals surface area contributed by atoms with Crippen molar-refractivity contribution in [2.75, 3.05) is 38.8 Å². The van der Waals surface area contributed by atoms with Gasteiger partial charge in [-0.1, -0.05) is 11.6 Å². The molecule has 1 saturated carbocycles. The summed E-state index contributed by atoms with van der Waals surface area (Å²) >= 11 is 5.95. The predicted octanol–water partition coefficient (Wildman–Crippen LogP) is 2.00. The van der Waals surface area contributed by atoms with Crippen molar-refractivity contribution in [1.29, 1.82) is 0 Å². The van der Waals surface area contributed by atoms with Crippen LogP contribution in [-0.4, -0.2) is 43.9 Å². The van der Waals surface area contributed by atoms with Gasteiger partial charge in [0, 0.05) is 20.2 Å². The molecule has 0 saturated heterocycles. The van der Waals surface area contributed by atoms with E-state index >= 15 is 0 Å². The highest BCUT2D eigenvalue weighted by atomic mass is 35.5. The Bertz CT molecular complexity index is 399. The van der Waals surface area contributed by atoms with Gasteiger partial charge in [0.15, 0.2) is 16.7 Å². The molecule has 0 radical (unpaired) electrons. The van der Waals surface area contributed by atoms with Crippen LogP contribution in [0.4, 0.5) is 5.82 Å². The van der Waals surface area contributed by atoms with E-state index in [2.05, 4.69) is 9.97 Å². The second-order valence-electron chi connectivity index (χ2n) is 4.46. The standard InChI is InChI=1S/C12H18ClN3O2/c1-16(5-6-18-7-9-3-4-9)12-10(17-2)11(13)14-8-15-12/h8-9H,3-7H2,1-2H3. The van der Waals surface area contributed by atoms with Crippen LogP contribution >= 0.6 is 11.6 Å². The Labute approximate surface area is 112 Å². The van der Waals surface area contributed by atoms with Crippen LogP contribution in [0, 0.1) is 5.92 Å². The van der Waals surface area contributed by atoms with Crippen molar-refractivity contribution < 1.29 is 9.47 Å². The summed E-state index contributed by atoms with van der Waals surface area (Å²) in [7, 11) is 3.49. The maximum Gasteiger partial charge on any atom is 0.199 e. The predicted molar refractivity (Wildman–Crippen MR) is 70.4 cm³/mol. The lowest BCUT2D eigenvalue weighted by Crippen LogP contribution is -2.24. The van der Waals surface area contributed by atoms with Crippen LogP contribution in [-0.2, 0) is 4.74 Å². The third-order valence-corrected chi connectivity index (χ3v) is 3.20. The molecule has 2 rings (SSSR count). The third kappa shape index (κ3) is 3.46. The summed E-state index contributed by atoms with van der Waals surface area (Å²) < 4.78 is 10.8. The number of likely N-dealkylation sites (N-methyl/N-ethyl adjacent to an activating group) is 1. The second kappa shape index (κ2) is 6.20. The summed E-state index contributed by atoms with van der Waals surface area (Å²) in [6, 6.07) is 0. The monoisotopic (exact) mass is 271 g/mol. The first-order chi connectivity index (χ1) is 8.72. The van der Waals surface area contributed by atoms with Crippen LogP contribution in [0.3, 0.4) is 0 Å². The molecule has 0 atom stereocenters. The Morgan fingerprint density at radius 1 is 1.44 bits per heavy atom. The first kappa shape index (κ1) is 13.4. The van der Waals surface area contributed by atoms with E-state index in [0.29, 0.717) is 23.3 Å². The lowest BCUT2D eigenvalue weighted by molar-refractivity contribution is 0.130. The molecule has 1 aliphatic carbocycles. The smallest absolute Gasteiger partial charge is 0.199 e. The number of aromatic nitrogens is 2. The minimum absolute atomic E-state index is 0.327. The fraction of sp³-hybridized carbons (Fsp3) is 0.667. The van der Waals surface area contributed by atoms with E-state index in [4.69, 9.17) is 21.1 Å². The van der Waals surface area contributed by atoms with Crippen LogP contribution in [0.2, 0.25) is 5.15 Å². The third-order valence-electron chi connectivity index (χ3n) is 2.93. The molecule has 1 aliphatic rings. The Hall–Kier alpha value is -1.07. The second-order valence-corrected chi connectivity index (χ2v) is 4.82. The Balaban J connectivity index is 1.86. The average molecular weight is 272 g/mol. The molecular formula is C12H18ClN3O2. The van der Waals surface area contributed by atoms with E-state index in [1.54, 1.807) is 7.11 Å². The number of nitrogens with zero attached hydrogens (tertiary/aromatic N) is 3. The van der Waals surface area contributed by atoms with Crippen LogP contribution in [0.1, 0.15) is 12.8 Å². The summed E-state index contributed by atoms with van der Waals surface area (Å²) in [5.74, 6) is 1.98. The fourth-order valence-corrected chi connectivity index (χ4v) is 1.84. The number of rotatable bonds is 7. The van der Waals surface area contributed by atoms with Gasteiger partial charge in [-0.05, 0) is 18.8 Å². The highest BCUT2D eigenvalue weighted by Gasteiger charge is 2.21. The van der Waals surface area contributed by atoms with Gasteiger partial charge in [0.25, 0.3) is 0 Å². The molecule has 0 aliphatic heterocycles. The number of halogens is 1. The number of anilines is 1. The van der Waals surface area contributed by atoms with Crippen molar-refractivity contribution in [1.82, 2.24) is 9.97 Å². The molecule has 18 heavy (non-hydrogen) atoms. The van der Waals surface area contributed by atoms with Crippen LogP contribution in [0.5, 0.6) is 5.75 Å². The molecule has 1 fully saturated rings.